The lowest BCUT2D eigenvalue weighted by Crippen LogP contribution is -2.53. The number of carbonyl (C=O) groups excluding carboxylic acids is 3. The third-order valence-electron chi connectivity index (χ3n) is 5.30. The van der Waals surface area contributed by atoms with Gasteiger partial charge >= 0.3 is 0 Å². The van der Waals surface area contributed by atoms with Crippen molar-refractivity contribution in [3.05, 3.63) is 76.8 Å². The quantitative estimate of drug-likeness (QED) is 0.474. The summed E-state index contributed by atoms with van der Waals surface area (Å²) in [7, 11) is 1.54. The molecule has 0 aliphatic carbocycles. The number of carbonyl (C=O) groups is 3. The van der Waals surface area contributed by atoms with Crippen molar-refractivity contribution < 1.29 is 23.9 Å². The predicted octanol–water partition coefficient (Wildman–Crippen LogP) is 4.76. The van der Waals surface area contributed by atoms with Crippen LogP contribution in [-0.2, 0) is 14.4 Å². The van der Waals surface area contributed by atoms with Crippen LogP contribution >= 0.6 is 23.2 Å². The van der Waals surface area contributed by atoms with Gasteiger partial charge in [-0.25, -0.2) is 0 Å². The van der Waals surface area contributed by atoms with Crippen molar-refractivity contribution in [3.63, 3.8) is 0 Å². The summed E-state index contributed by atoms with van der Waals surface area (Å²) in [5.41, 5.74) is 1.46. The van der Waals surface area contributed by atoms with Gasteiger partial charge in [-0.2, -0.15) is 0 Å². The van der Waals surface area contributed by atoms with Crippen molar-refractivity contribution in [1.82, 2.24) is 0 Å². The first-order chi connectivity index (χ1) is 16.9. The third-order valence-corrected chi connectivity index (χ3v) is 5.83. The molecule has 1 aliphatic rings. The molecule has 0 saturated carbocycles. The average molecular weight is 514 g/mol. The van der Waals surface area contributed by atoms with E-state index in [0.717, 1.165) is 0 Å². The molecule has 3 aromatic rings. The van der Waals surface area contributed by atoms with E-state index in [-0.39, 0.29) is 17.2 Å². The number of benzene rings is 3. The van der Waals surface area contributed by atoms with Crippen LogP contribution < -0.4 is 25.0 Å². The lowest BCUT2D eigenvalue weighted by atomic mass is 10.0. The second-order valence-electron chi connectivity index (χ2n) is 7.63. The molecule has 180 valence electrons. The highest BCUT2D eigenvalue weighted by Crippen LogP contribution is 2.34. The standard InChI is InChI=1S/C25H21Cl2N3O5/c1-34-17-9-7-16(8-10-17)28-23(31)13-21-25(33)29-19-4-2-3-5-20(19)30(21)24(32)14-35-22-11-6-15(26)12-18(22)27/h2-12,21H,13-14H2,1H3,(H,28,31)(H,29,33). The number of amides is 3. The number of nitrogens with zero attached hydrogens (tertiary/aromatic N) is 1. The Labute approximate surface area is 211 Å². The van der Waals surface area contributed by atoms with Crippen molar-refractivity contribution in [3.8, 4) is 11.5 Å². The Morgan fingerprint density at radius 3 is 2.51 bits per heavy atom. The summed E-state index contributed by atoms with van der Waals surface area (Å²) in [6.45, 7) is -0.403. The fraction of sp³-hybridized carbons (Fsp3) is 0.160. The molecule has 35 heavy (non-hydrogen) atoms. The van der Waals surface area contributed by atoms with E-state index in [2.05, 4.69) is 10.6 Å². The van der Waals surface area contributed by atoms with E-state index in [9.17, 15) is 14.4 Å². The fourth-order valence-electron chi connectivity index (χ4n) is 3.65. The van der Waals surface area contributed by atoms with Gasteiger partial charge in [-0.3, -0.25) is 19.3 Å². The molecule has 0 aromatic heterocycles. The average Bonchev–Trinajstić information content (AvgIpc) is 2.84. The Kier molecular flexibility index (Phi) is 7.43. The number of para-hydroxylation sites is 2. The molecule has 1 aliphatic heterocycles. The van der Waals surface area contributed by atoms with E-state index < -0.39 is 30.4 Å². The van der Waals surface area contributed by atoms with E-state index >= 15 is 0 Å². The summed E-state index contributed by atoms with van der Waals surface area (Å²) < 4.78 is 10.7. The molecule has 0 bridgehead atoms. The molecule has 1 atom stereocenters. The van der Waals surface area contributed by atoms with Crippen LogP contribution in [0.2, 0.25) is 10.0 Å². The Balaban J connectivity index is 1.53. The van der Waals surface area contributed by atoms with Gasteiger partial charge in [0, 0.05) is 10.7 Å². The van der Waals surface area contributed by atoms with Crippen LogP contribution in [0.15, 0.2) is 66.7 Å². The molecule has 10 heteroatoms. The monoisotopic (exact) mass is 513 g/mol. The molecule has 1 heterocycles. The van der Waals surface area contributed by atoms with Gasteiger partial charge in [0.25, 0.3) is 5.91 Å². The number of ether oxygens (including phenoxy) is 2. The number of halogens is 2. The smallest absolute Gasteiger partial charge is 0.265 e. The van der Waals surface area contributed by atoms with Crippen LogP contribution in [0, 0.1) is 0 Å². The second-order valence-corrected chi connectivity index (χ2v) is 8.47. The number of fused-ring (bicyclic) bond motifs is 1. The van der Waals surface area contributed by atoms with Crippen LogP contribution in [0.5, 0.6) is 11.5 Å². The van der Waals surface area contributed by atoms with Crippen LogP contribution in [0.1, 0.15) is 6.42 Å². The van der Waals surface area contributed by atoms with Gasteiger partial charge in [0.05, 0.1) is 29.9 Å². The lowest BCUT2D eigenvalue weighted by molar-refractivity contribution is -0.127. The summed E-state index contributed by atoms with van der Waals surface area (Å²) in [5.74, 6) is -0.516. The molecule has 0 radical (unpaired) electrons. The molecule has 8 nitrogen and oxygen atoms in total. The zero-order valence-corrected chi connectivity index (χ0v) is 20.1. The minimum atomic E-state index is -1.08. The van der Waals surface area contributed by atoms with Crippen LogP contribution in [0.4, 0.5) is 17.1 Å². The molecule has 1 unspecified atom stereocenters. The molecule has 3 amide bonds. The highest BCUT2D eigenvalue weighted by atomic mass is 35.5. The normalized spacial score (nSPS) is 14.5. The van der Waals surface area contributed by atoms with Gasteiger partial charge in [0.1, 0.15) is 17.5 Å². The van der Waals surface area contributed by atoms with Crippen LogP contribution in [0.25, 0.3) is 0 Å². The molecule has 0 spiro atoms. The van der Waals surface area contributed by atoms with Crippen LogP contribution in [0.3, 0.4) is 0 Å². The molecule has 4 rings (SSSR count). The summed E-state index contributed by atoms with van der Waals surface area (Å²) >= 11 is 12.0. The Morgan fingerprint density at radius 2 is 1.80 bits per heavy atom. The maximum atomic E-state index is 13.3. The van der Waals surface area contributed by atoms with E-state index in [1.807, 2.05) is 0 Å². The first kappa shape index (κ1) is 24.4. The number of anilines is 3. The predicted molar refractivity (Wildman–Crippen MR) is 135 cm³/mol. The van der Waals surface area contributed by atoms with Gasteiger partial charge in [-0.15, -0.1) is 0 Å². The van der Waals surface area contributed by atoms with E-state index in [4.69, 9.17) is 32.7 Å². The number of hydrogen-bond acceptors (Lipinski definition) is 5. The minimum absolute atomic E-state index is 0.248. The first-order valence-electron chi connectivity index (χ1n) is 10.6. The van der Waals surface area contributed by atoms with Crippen LogP contribution in [-0.4, -0.2) is 37.5 Å². The maximum absolute atomic E-state index is 13.3. The third kappa shape index (κ3) is 5.67. The largest absolute Gasteiger partial charge is 0.497 e. The molecule has 3 aromatic carbocycles. The SMILES string of the molecule is COc1ccc(NC(=O)CC2C(=O)Nc3ccccc3N2C(=O)COc2ccc(Cl)cc2Cl)cc1. The van der Waals surface area contributed by atoms with Crippen molar-refractivity contribution in [2.45, 2.75) is 12.5 Å². The number of nitrogens with one attached hydrogen (secondary N) is 2. The molecular formula is C25H21Cl2N3O5. The van der Waals surface area contributed by atoms with Crippen molar-refractivity contribution in [2.24, 2.45) is 0 Å². The zero-order valence-electron chi connectivity index (χ0n) is 18.6. The Bertz CT molecular complexity index is 1270. The Morgan fingerprint density at radius 1 is 1.06 bits per heavy atom. The summed E-state index contributed by atoms with van der Waals surface area (Å²) in [4.78, 5) is 40.3. The molecule has 0 fully saturated rings. The molecule has 0 saturated heterocycles. The topological polar surface area (TPSA) is 97.0 Å². The zero-order chi connectivity index (χ0) is 24.9. The fourth-order valence-corrected chi connectivity index (χ4v) is 4.11. The van der Waals surface area contributed by atoms with Gasteiger partial charge in [0.15, 0.2) is 6.61 Å². The highest BCUT2D eigenvalue weighted by molar-refractivity contribution is 6.35. The van der Waals surface area contributed by atoms with E-state index in [1.54, 1.807) is 67.8 Å². The number of methoxy groups -OCH3 is 1. The van der Waals surface area contributed by atoms with Crippen molar-refractivity contribution >= 4 is 58.0 Å². The van der Waals surface area contributed by atoms with Gasteiger partial charge in [0.2, 0.25) is 11.8 Å². The van der Waals surface area contributed by atoms with Gasteiger partial charge < -0.3 is 20.1 Å². The summed E-state index contributed by atoms with van der Waals surface area (Å²) in [5, 5.41) is 6.18. The first-order valence-corrected chi connectivity index (χ1v) is 11.3. The summed E-state index contributed by atoms with van der Waals surface area (Å²) in [6, 6.07) is 17.2. The van der Waals surface area contributed by atoms with Gasteiger partial charge in [-0.05, 0) is 54.6 Å². The second kappa shape index (κ2) is 10.7. The van der Waals surface area contributed by atoms with Crippen molar-refractivity contribution in [1.29, 1.82) is 0 Å². The van der Waals surface area contributed by atoms with Crippen molar-refractivity contribution in [2.75, 3.05) is 29.3 Å². The Hall–Kier alpha value is -3.75. The highest BCUT2D eigenvalue weighted by Gasteiger charge is 2.38. The van der Waals surface area contributed by atoms with E-state index in [1.165, 1.54) is 11.0 Å². The molecule has 2 N–H and O–H groups in total. The van der Waals surface area contributed by atoms with Gasteiger partial charge in [-0.1, -0.05) is 35.3 Å². The lowest BCUT2D eigenvalue weighted by Gasteiger charge is -2.36. The maximum Gasteiger partial charge on any atom is 0.265 e. The molecular weight excluding hydrogens is 493 g/mol. The van der Waals surface area contributed by atoms with E-state index in [0.29, 0.717) is 27.8 Å². The summed E-state index contributed by atoms with van der Waals surface area (Å²) in [6.07, 6.45) is -0.264. The number of rotatable bonds is 7. The number of hydrogen-bond donors (Lipinski definition) is 2. The minimum Gasteiger partial charge on any atom is -0.497 e.